The van der Waals surface area contributed by atoms with Crippen LogP contribution in [0.3, 0.4) is 0 Å². The molecule has 146 valence electrons. The number of alkyl halides is 3. The number of guanidine groups is 1. The van der Waals surface area contributed by atoms with E-state index < -0.39 is 12.8 Å². The van der Waals surface area contributed by atoms with Gasteiger partial charge in [0.1, 0.15) is 0 Å². The highest BCUT2D eigenvalue weighted by Crippen LogP contribution is 2.17. The van der Waals surface area contributed by atoms with Gasteiger partial charge in [-0.1, -0.05) is 18.2 Å². The molecule has 1 heterocycles. The van der Waals surface area contributed by atoms with E-state index in [0.717, 1.165) is 17.9 Å². The number of benzene rings is 1. The summed E-state index contributed by atoms with van der Waals surface area (Å²) < 4.78 is 41.3. The average molecular weight is 398 g/mol. The van der Waals surface area contributed by atoms with Crippen molar-refractivity contribution in [1.29, 1.82) is 0 Å². The molecule has 0 aliphatic carbocycles. The van der Waals surface area contributed by atoms with E-state index in [4.69, 9.17) is 0 Å². The molecule has 5 nitrogen and oxygen atoms in total. The highest BCUT2D eigenvalue weighted by molar-refractivity contribution is 7.99. The molecule has 0 aliphatic heterocycles. The van der Waals surface area contributed by atoms with Crippen LogP contribution >= 0.6 is 11.8 Å². The fraction of sp³-hybridized carbons (Fsp3) is 0.333. The molecule has 9 heteroatoms. The Labute approximate surface area is 160 Å². The lowest BCUT2D eigenvalue weighted by atomic mass is 10.2. The predicted octanol–water partition coefficient (Wildman–Crippen LogP) is 3.48. The van der Waals surface area contributed by atoms with E-state index in [2.05, 4.69) is 37.5 Å². The van der Waals surface area contributed by atoms with Crippen molar-refractivity contribution in [2.45, 2.75) is 17.6 Å². The van der Waals surface area contributed by atoms with Gasteiger partial charge >= 0.3 is 6.18 Å². The minimum atomic E-state index is -4.39. The van der Waals surface area contributed by atoms with Crippen LogP contribution in [0, 0.1) is 0 Å². The zero-order chi connectivity index (χ0) is 19.5. The van der Waals surface area contributed by atoms with Crippen LogP contribution < -0.4 is 15.4 Å². The maximum absolute atomic E-state index is 12.2. The molecule has 0 fully saturated rings. The smallest absolute Gasteiger partial charge is 0.422 e. The number of nitrogens with one attached hydrogen (secondary N) is 2. The van der Waals surface area contributed by atoms with Gasteiger partial charge in [0.15, 0.2) is 12.6 Å². The maximum Gasteiger partial charge on any atom is 0.422 e. The summed E-state index contributed by atoms with van der Waals surface area (Å²) in [4.78, 5) is 9.11. The van der Waals surface area contributed by atoms with Crippen molar-refractivity contribution in [3.63, 3.8) is 0 Å². The molecule has 0 atom stereocenters. The van der Waals surface area contributed by atoms with Crippen LogP contribution in [0.4, 0.5) is 13.2 Å². The topological polar surface area (TPSA) is 58.5 Å². The number of aromatic nitrogens is 1. The van der Waals surface area contributed by atoms with Crippen molar-refractivity contribution >= 4 is 17.7 Å². The third-order valence-corrected chi connectivity index (χ3v) is 4.29. The van der Waals surface area contributed by atoms with Crippen LogP contribution in [0.5, 0.6) is 5.88 Å². The van der Waals surface area contributed by atoms with Gasteiger partial charge in [-0.25, -0.2) is 4.98 Å². The maximum atomic E-state index is 12.2. The van der Waals surface area contributed by atoms with Gasteiger partial charge in [0.25, 0.3) is 0 Å². The molecule has 0 unspecified atom stereocenters. The van der Waals surface area contributed by atoms with Crippen molar-refractivity contribution in [3.8, 4) is 5.88 Å². The van der Waals surface area contributed by atoms with E-state index in [1.807, 2.05) is 18.2 Å². The second-order valence-electron chi connectivity index (χ2n) is 5.42. The minimum absolute atomic E-state index is 0.0613. The molecule has 0 aliphatic rings. The fourth-order valence-electron chi connectivity index (χ4n) is 2.06. The molecule has 27 heavy (non-hydrogen) atoms. The Bertz CT molecular complexity index is 726. The molecule has 0 amide bonds. The summed E-state index contributed by atoms with van der Waals surface area (Å²) in [6, 6.07) is 13.3. The number of halogens is 3. The first-order valence-electron chi connectivity index (χ1n) is 8.23. The minimum Gasteiger partial charge on any atom is -0.468 e. The quantitative estimate of drug-likeness (QED) is 0.309. The molecule has 0 spiro atoms. The van der Waals surface area contributed by atoms with Gasteiger partial charge in [-0.15, -0.1) is 11.8 Å². The number of hydrogen-bond acceptors (Lipinski definition) is 4. The molecule has 0 saturated carbocycles. The summed E-state index contributed by atoms with van der Waals surface area (Å²) in [6.45, 7) is -0.259. The third-order valence-electron chi connectivity index (χ3n) is 3.27. The summed E-state index contributed by atoms with van der Waals surface area (Å²) in [5.74, 6) is 1.42. The Morgan fingerprint density at radius 3 is 2.67 bits per heavy atom. The van der Waals surface area contributed by atoms with Gasteiger partial charge in [0, 0.05) is 43.0 Å². The number of hydrogen-bond donors (Lipinski definition) is 2. The van der Waals surface area contributed by atoms with Crippen molar-refractivity contribution in [3.05, 3.63) is 54.2 Å². The lowest BCUT2D eigenvalue weighted by Crippen LogP contribution is -2.37. The molecule has 0 bridgehead atoms. The van der Waals surface area contributed by atoms with Crippen molar-refractivity contribution in [2.75, 3.05) is 26.0 Å². The fourth-order valence-corrected chi connectivity index (χ4v) is 2.85. The summed E-state index contributed by atoms with van der Waals surface area (Å²) in [7, 11) is 1.66. The Balaban J connectivity index is 1.73. The largest absolute Gasteiger partial charge is 0.468 e. The molecule has 2 aromatic rings. The van der Waals surface area contributed by atoms with Crippen LogP contribution in [0.25, 0.3) is 0 Å². The van der Waals surface area contributed by atoms with Crippen LogP contribution in [0.15, 0.2) is 58.5 Å². The molecule has 0 radical (unpaired) electrons. The summed E-state index contributed by atoms with van der Waals surface area (Å²) in [6.07, 6.45) is -2.98. The molecule has 2 rings (SSSR count). The van der Waals surface area contributed by atoms with E-state index in [1.165, 1.54) is 17.2 Å². The summed E-state index contributed by atoms with van der Waals surface area (Å²) >= 11 is 1.73. The number of ether oxygens (including phenoxy) is 1. The molecule has 1 aromatic carbocycles. The predicted molar refractivity (Wildman–Crippen MR) is 101 cm³/mol. The van der Waals surface area contributed by atoms with Crippen LogP contribution in [-0.2, 0) is 6.54 Å². The third kappa shape index (κ3) is 8.67. The number of pyridine rings is 1. The molecule has 2 N–H and O–H groups in total. The van der Waals surface area contributed by atoms with Crippen molar-refractivity contribution < 1.29 is 17.9 Å². The highest BCUT2D eigenvalue weighted by Gasteiger charge is 2.28. The molecule has 0 saturated heterocycles. The lowest BCUT2D eigenvalue weighted by Gasteiger charge is -2.13. The number of aliphatic imine (C=N–C) groups is 1. The lowest BCUT2D eigenvalue weighted by molar-refractivity contribution is -0.154. The Kier molecular flexibility index (Phi) is 8.25. The first kappa shape index (κ1) is 20.9. The average Bonchev–Trinajstić information content (AvgIpc) is 2.66. The van der Waals surface area contributed by atoms with E-state index in [9.17, 15) is 13.2 Å². The molecule has 1 aromatic heterocycles. The monoisotopic (exact) mass is 398 g/mol. The molecular weight excluding hydrogens is 377 g/mol. The summed E-state index contributed by atoms with van der Waals surface area (Å²) in [5, 5.41) is 6.30. The van der Waals surface area contributed by atoms with Crippen LogP contribution in [-0.4, -0.2) is 43.1 Å². The van der Waals surface area contributed by atoms with Crippen LogP contribution in [0.2, 0.25) is 0 Å². The normalized spacial score (nSPS) is 11.9. The Morgan fingerprint density at radius 1 is 1.19 bits per heavy atom. The van der Waals surface area contributed by atoms with Gasteiger partial charge in [-0.2, -0.15) is 13.2 Å². The van der Waals surface area contributed by atoms with Gasteiger partial charge in [0.2, 0.25) is 5.88 Å². The van der Waals surface area contributed by atoms with Gasteiger partial charge in [0.05, 0.1) is 0 Å². The summed E-state index contributed by atoms with van der Waals surface area (Å²) in [5.41, 5.74) is 0.740. The number of rotatable bonds is 8. The number of thioether (sulfide) groups is 1. The SMILES string of the molecule is CN=C(NCCSc1ccccc1)NCc1ccnc(OCC(F)(F)F)c1. The van der Waals surface area contributed by atoms with Crippen LogP contribution in [0.1, 0.15) is 5.56 Å². The zero-order valence-electron chi connectivity index (χ0n) is 14.8. The first-order valence-corrected chi connectivity index (χ1v) is 9.22. The van der Waals surface area contributed by atoms with Crippen molar-refractivity contribution in [1.82, 2.24) is 15.6 Å². The zero-order valence-corrected chi connectivity index (χ0v) is 15.6. The van der Waals surface area contributed by atoms with E-state index in [1.54, 1.807) is 24.9 Å². The van der Waals surface area contributed by atoms with E-state index in [0.29, 0.717) is 12.5 Å². The van der Waals surface area contributed by atoms with Gasteiger partial charge in [-0.3, -0.25) is 4.99 Å². The second-order valence-corrected chi connectivity index (χ2v) is 6.59. The van der Waals surface area contributed by atoms with Crippen molar-refractivity contribution in [2.24, 2.45) is 4.99 Å². The Hall–Kier alpha value is -2.42. The van der Waals surface area contributed by atoms with Gasteiger partial charge < -0.3 is 15.4 Å². The highest BCUT2D eigenvalue weighted by atomic mass is 32.2. The van der Waals surface area contributed by atoms with E-state index >= 15 is 0 Å². The number of nitrogens with zero attached hydrogens (tertiary/aromatic N) is 2. The van der Waals surface area contributed by atoms with E-state index in [-0.39, 0.29) is 5.88 Å². The van der Waals surface area contributed by atoms with Gasteiger partial charge in [-0.05, 0) is 23.8 Å². The second kappa shape index (κ2) is 10.7. The molecular formula is C18H21F3N4OS. The standard InChI is InChI=1S/C18H21F3N4OS/c1-22-17(24-9-10-27-15-5-3-2-4-6-15)25-12-14-7-8-23-16(11-14)26-13-18(19,20)21/h2-8,11H,9-10,12-13H2,1H3,(H2,22,24,25). The first-order chi connectivity index (χ1) is 13.0. The Morgan fingerprint density at radius 2 is 1.96 bits per heavy atom.